The molecule has 3 nitrogen and oxygen atoms in total. The molecule has 104 valence electrons. The number of rotatable bonds is 3. The number of fused-ring (bicyclic) bond motifs is 1. The summed E-state index contributed by atoms with van der Waals surface area (Å²) in [5.41, 5.74) is 2.36. The maximum absolute atomic E-state index is 5.66. The lowest BCUT2D eigenvalue weighted by Crippen LogP contribution is -2.19. The molecule has 3 rings (SSSR count). The topological polar surface area (TPSA) is 30.5 Å². The van der Waals surface area contributed by atoms with Gasteiger partial charge in [0.1, 0.15) is 13.2 Å². The molecule has 0 radical (unpaired) electrons. The standard InChI is InChI=1S/C16H16BrNO2/c1-18-16(12-4-2-3-5-13(12)17)11-6-7-14-15(10-11)20-9-8-19-14/h2-7,10,16,18H,8-9H2,1H3. The van der Waals surface area contributed by atoms with Gasteiger partial charge in [-0.3, -0.25) is 0 Å². The molecule has 2 aromatic rings. The lowest BCUT2D eigenvalue weighted by molar-refractivity contribution is 0.171. The van der Waals surface area contributed by atoms with Crippen LogP contribution in [0.1, 0.15) is 17.2 Å². The first-order chi connectivity index (χ1) is 9.79. The fourth-order valence-electron chi connectivity index (χ4n) is 2.45. The average molecular weight is 334 g/mol. The van der Waals surface area contributed by atoms with Crippen LogP contribution in [0.5, 0.6) is 11.5 Å². The number of ether oxygens (including phenoxy) is 2. The molecule has 0 aromatic heterocycles. The van der Waals surface area contributed by atoms with Gasteiger partial charge in [-0.1, -0.05) is 40.2 Å². The number of hydrogen-bond acceptors (Lipinski definition) is 3. The van der Waals surface area contributed by atoms with E-state index < -0.39 is 0 Å². The van der Waals surface area contributed by atoms with E-state index in [9.17, 15) is 0 Å². The summed E-state index contributed by atoms with van der Waals surface area (Å²) in [7, 11) is 1.96. The summed E-state index contributed by atoms with van der Waals surface area (Å²) in [5.74, 6) is 1.64. The Kier molecular flexibility index (Phi) is 3.94. The Morgan fingerprint density at radius 3 is 2.55 bits per heavy atom. The van der Waals surface area contributed by atoms with Crippen LogP contribution >= 0.6 is 15.9 Å². The van der Waals surface area contributed by atoms with E-state index in [1.54, 1.807) is 0 Å². The molecule has 1 aliphatic heterocycles. The van der Waals surface area contributed by atoms with Gasteiger partial charge in [-0.2, -0.15) is 0 Å². The predicted molar refractivity (Wildman–Crippen MR) is 82.5 cm³/mol. The van der Waals surface area contributed by atoms with E-state index >= 15 is 0 Å². The Morgan fingerprint density at radius 2 is 1.80 bits per heavy atom. The molecule has 4 heteroatoms. The largest absolute Gasteiger partial charge is 0.486 e. The van der Waals surface area contributed by atoms with Crippen LogP contribution in [-0.4, -0.2) is 20.3 Å². The first-order valence-electron chi connectivity index (χ1n) is 6.61. The normalized spacial score (nSPS) is 14.9. The molecule has 20 heavy (non-hydrogen) atoms. The predicted octanol–water partition coefficient (Wildman–Crippen LogP) is 3.53. The highest BCUT2D eigenvalue weighted by atomic mass is 79.9. The number of nitrogens with one attached hydrogen (secondary N) is 1. The fraction of sp³-hybridized carbons (Fsp3) is 0.250. The Labute approximate surface area is 127 Å². The van der Waals surface area contributed by atoms with Crippen molar-refractivity contribution in [3.63, 3.8) is 0 Å². The molecule has 2 aromatic carbocycles. The summed E-state index contributed by atoms with van der Waals surface area (Å²) in [6.07, 6.45) is 0. The van der Waals surface area contributed by atoms with Gasteiger partial charge in [-0.15, -0.1) is 0 Å². The minimum absolute atomic E-state index is 0.112. The third-order valence-electron chi connectivity index (χ3n) is 3.40. The van der Waals surface area contributed by atoms with Crippen molar-refractivity contribution in [3.05, 3.63) is 58.1 Å². The van der Waals surface area contributed by atoms with Crippen LogP contribution in [0.3, 0.4) is 0 Å². The summed E-state index contributed by atoms with van der Waals surface area (Å²) in [5, 5.41) is 3.36. The number of halogens is 1. The molecule has 1 aliphatic rings. The van der Waals surface area contributed by atoms with Gasteiger partial charge in [-0.25, -0.2) is 0 Å². The molecular weight excluding hydrogens is 318 g/mol. The van der Waals surface area contributed by atoms with Crippen molar-refractivity contribution >= 4 is 15.9 Å². The van der Waals surface area contributed by atoms with Crippen molar-refractivity contribution in [2.45, 2.75) is 6.04 Å². The van der Waals surface area contributed by atoms with Crippen LogP contribution in [0, 0.1) is 0 Å². The Balaban J connectivity index is 1.99. The molecular formula is C16H16BrNO2. The van der Waals surface area contributed by atoms with E-state index in [2.05, 4.69) is 45.5 Å². The van der Waals surface area contributed by atoms with Gasteiger partial charge in [0.25, 0.3) is 0 Å². The molecule has 0 aliphatic carbocycles. The van der Waals surface area contributed by atoms with Gasteiger partial charge in [-0.05, 0) is 36.4 Å². The van der Waals surface area contributed by atoms with E-state index in [0.717, 1.165) is 21.5 Å². The van der Waals surface area contributed by atoms with E-state index in [1.165, 1.54) is 5.56 Å². The zero-order chi connectivity index (χ0) is 13.9. The van der Waals surface area contributed by atoms with E-state index in [-0.39, 0.29) is 6.04 Å². The minimum Gasteiger partial charge on any atom is -0.486 e. The van der Waals surface area contributed by atoms with E-state index in [1.807, 2.05) is 25.2 Å². The Bertz CT molecular complexity index is 615. The van der Waals surface area contributed by atoms with Crippen molar-refractivity contribution in [1.29, 1.82) is 0 Å². The molecule has 1 unspecified atom stereocenters. The smallest absolute Gasteiger partial charge is 0.161 e. The Hall–Kier alpha value is -1.52. The number of hydrogen-bond donors (Lipinski definition) is 1. The second-order valence-corrected chi connectivity index (χ2v) is 5.50. The third-order valence-corrected chi connectivity index (χ3v) is 4.13. The highest BCUT2D eigenvalue weighted by Gasteiger charge is 2.18. The third kappa shape index (κ3) is 2.53. The molecule has 0 fully saturated rings. The van der Waals surface area contributed by atoms with Crippen molar-refractivity contribution < 1.29 is 9.47 Å². The van der Waals surface area contributed by atoms with E-state index in [4.69, 9.17) is 9.47 Å². The second-order valence-electron chi connectivity index (χ2n) is 4.65. The summed E-state index contributed by atoms with van der Waals surface area (Å²) in [4.78, 5) is 0. The van der Waals surface area contributed by atoms with Crippen LogP contribution in [0.2, 0.25) is 0 Å². The van der Waals surface area contributed by atoms with Crippen LogP contribution in [-0.2, 0) is 0 Å². The minimum atomic E-state index is 0.112. The van der Waals surface area contributed by atoms with Crippen molar-refractivity contribution in [3.8, 4) is 11.5 Å². The SMILES string of the molecule is CNC(c1ccc2c(c1)OCCO2)c1ccccc1Br. The van der Waals surface area contributed by atoms with E-state index in [0.29, 0.717) is 13.2 Å². The molecule has 0 spiro atoms. The van der Waals surface area contributed by atoms with Crippen LogP contribution in [0.4, 0.5) is 0 Å². The fourth-order valence-corrected chi connectivity index (χ4v) is 2.96. The lowest BCUT2D eigenvalue weighted by Gasteiger charge is -2.23. The number of benzene rings is 2. The summed E-state index contributed by atoms with van der Waals surface area (Å²) in [6.45, 7) is 1.22. The van der Waals surface area contributed by atoms with Crippen molar-refractivity contribution in [2.24, 2.45) is 0 Å². The van der Waals surface area contributed by atoms with Crippen LogP contribution < -0.4 is 14.8 Å². The van der Waals surface area contributed by atoms with Gasteiger partial charge in [0.2, 0.25) is 0 Å². The monoisotopic (exact) mass is 333 g/mol. The second kappa shape index (κ2) is 5.85. The molecule has 0 bridgehead atoms. The Morgan fingerprint density at radius 1 is 1.05 bits per heavy atom. The molecule has 0 saturated heterocycles. The molecule has 1 heterocycles. The summed E-state index contributed by atoms with van der Waals surface area (Å²) < 4.78 is 12.3. The van der Waals surface area contributed by atoms with Crippen molar-refractivity contribution in [1.82, 2.24) is 5.32 Å². The zero-order valence-electron chi connectivity index (χ0n) is 11.2. The summed E-state index contributed by atoms with van der Waals surface area (Å²) >= 11 is 3.61. The quantitative estimate of drug-likeness (QED) is 0.932. The maximum Gasteiger partial charge on any atom is 0.161 e. The summed E-state index contributed by atoms with van der Waals surface area (Å²) in [6, 6.07) is 14.4. The maximum atomic E-state index is 5.66. The first-order valence-corrected chi connectivity index (χ1v) is 7.40. The van der Waals surface area contributed by atoms with Crippen LogP contribution in [0.25, 0.3) is 0 Å². The van der Waals surface area contributed by atoms with Crippen LogP contribution in [0.15, 0.2) is 46.9 Å². The zero-order valence-corrected chi connectivity index (χ0v) is 12.8. The molecule has 1 atom stereocenters. The molecule has 0 saturated carbocycles. The highest BCUT2D eigenvalue weighted by molar-refractivity contribution is 9.10. The van der Waals surface area contributed by atoms with Gasteiger partial charge in [0, 0.05) is 4.47 Å². The van der Waals surface area contributed by atoms with Crippen molar-refractivity contribution in [2.75, 3.05) is 20.3 Å². The van der Waals surface area contributed by atoms with Gasteiger partial charge in [0.05, 0.1) is 6.04 Å². The average Bonchev–Trinajstić information content (AvgIpc) is 2.50. The van der Waals surface area contributed by atoms with Gasteiger partial charge >= 0.3 is 0 Å². The van der Waals surface area contributed by atoms with Gasteiger partial charge in [0.15, 0.2) is 11.5 Å². The molecule has 1 N–H and O–H groups in total. The lowest BCUT2D eigenvalue weighted by atomic mass is 9.98. The van der Waals surface area contributed by atoms with Gasteiger partial charge < -0.3 is 14.8 Å². The highest BCUT2D eigenvalue weighted by Crippen LogP contribution is 2.35. The first kappa shape index (κ1) is 13.5. The molecule has 0 amide bonds.